The number of carbonyl (C=O) groups is 1. The quantitative estimate of drug-likeness (QED) is 0.771. The van der Waals surface area contributed by atoms with Crippen LogP contribution in [0.4, 0.5) is 16.2 Å². The Hall–Kier alpha value is -3.41. The maximum absolute atomic E-state index is 12.0. The molecule has 3 aromatic rings. The summed E-state index contributed by atoms with van der Waals surface area (Å²) in [4.78, 5) is 23.4. The van der Waals surface area contributed by atoms with Gasteiger partial charge >= 0.3 is 6.03 Å². The second-order valence-corrected chi connectivity index (χ2v) is 5.70. The van der Waals surface area contributed by atoms with Gasteiger partial charge in [0.25, 0.3) is 5.56 Å². The first-order valence-corrected chi connectivity index (χ1v) is 7.81. The number of nitrogens with zero attached hydrogens (tertiary/aromatic N) is 2. The minimum atomic E-state index is -0.308. The molecule has 0 saturated carbocycles. The van der Waals surface area contributed by atoms with Gasteiger partial charge in [-0.3, -0.25) is 4.79 Å². The zero-order valence-corrected chi connectivity index (χ0v) is 14.0. The monoisotopic (exact) mass is 334 g/mol. The molecule has 0 atom stereocenters. The summed E-state index contributed by atoms with van der Waals surface area (Å²) in [6.07, 6.45) is 0. The van der Waals surface area contributed by atoms with Crippen molar-refractivity contribution in [2.24, 2.45) is 7.05 Å². The second-order valence-electron chi connectivity index (χ2n) is 5.70. The molecule has 0 aliphatic rings. The van der Waals surface area contributed by atoms with Crippen molar-refractivity contribution >= 4 is 17.4 Å². The number of nitrogens with one attached hydrogen (secondary N) is 2. The van der Waals surface area contributed by atoms with Gasteiger partial charge in [0, 0.05) is 30.1 Å². The summed E-state index contributed by atoms with van der Waals surface area (Å²) in [7, 11) is 1.61. The molecule has 25 heavy (non-hydrogen) atoms. The number of anilines is 2. The molecule has 0 radical (unpaired) electrons. The van der Waals surface area contributed by atoms with Crippen LogP contribution in [-0.2, 0) is 7.05 Å². The van der Waals surface area contributed by atoms with Crippen LogP contribution in [0.3, 0.4) is 0 Å². The third-order valence-electron chi connectivity index (χ3n) is 3.71. The predicted octanol–water partition coefficient (Wildman–Crippen LogP) is 3.40. The lowest BCUT2D eigenvalue weighted by molar-refractivity contribution is 0.262. The van der Waals surface area contributed by atoms with Crippen LogP contribution in [0.25, 0.3) is 11.3 Å². The Kier molecular flexibility index (Phi) is 4.61. The van der Waals surface area contributed by atoms with Crippen molar-refractivity contribution in [3.8, 4) is 11.3 Å². The third kappa shape index (κ3) is 4.11. The molecular formula is C19H18N4O2. The molecule has 1 heterocycles. The van der Waals surface area contributed by atoms with Crippen LogP contribution in [0.15, 0.2) is 65.5 Å². The highest BCUT2D eigenvalue weighted by Gasteiger charge is 2.05. The third-order valence-corrected chi connectivity index (χ3v) is 3.71. The van der Waals surface area contributed by atoms with E-state index in [2.05, 4.69) is 15.7 Å². The van der Waals surface area contributed by atoms with E-state index in [1.165, 1.54) is 10.7 Å². The molecule has 2 amide bonds. The number of aryl methyl sites for hydroxylation is 2. The van der Waals surface area contributed by atoms with Gasteiger partial charge in [-0.1, -0.05) is 29.8 Å². The van der Waals surface area contributed by atoms with E-state index in [9.17, 15) is 9.59 Å². The molecule has 2 N–H and O–H groups in total. The first kappa shape index (κ1) is 16.4. The van der Waals surface area contributed by atoms with Crippen LogP contribution >= 0.6 is 0 Å². The summed E-state index contributed by atoms with van der Waals surface area (Å²) in [6.45, 7) is 1.99. The number of rotatable bonds is 3. The topological polar surface area (TPSA) is 76.0 Å². The van der Waals surface area contributed by atoms with Gasteiger partial charge in [-0.25, -0.2) is 9.48 Å². The normalized spacial score (nSPS) is 10.3. The fourth-order valence-corrected chi connectivity index (χ4v) is 2.31. The molecule has 0 aliphatic carbocycles. The van der Waals surface area contributed by atoms with Gasteiger partial charge in [0.2, 0.25) is 0 Å². The van der Waals surface area contributed by atoms with Gasteiger partial charge in [0.05, 0.1) is 5.69 Å². The Morgan fingerprint density at radius 1 is 0.880 bits per heavy atom. The second kappa shape index (κ2) is 7.00. The minimum Gasteiger partial charge on any atom is -0.308 e. The lowest BCUT2D eigenvalue weighted by Gasteiger charge is -2.09. The fraction of sp³-hybridized carbons (Fsp3) is 0.105. The van der Waals surface area contributed by atoms with Crippen molar-refractivity contribution in [3.05, 3.63) is 76.6 Å². The Bertz CT molecular complexity index is 944. The van der Waals surface area contributed by atoms with Crippen LogP contribution in [0.1, 0.15) is 5.56 Å². The molecule has 0 fully saturated rings. The summed E-state index contributed by atoms with van der Waals surface area (Å²) < 4.78 is 1.29. The van der Waals surface area contributed by atoms with Gasteiger partial charge in [-0.2, -0.15) is 5.10 Å². The lowest BCUT2D eigenvalue weighted by Crippen LogP contribution is -2.19. The van der Waals surface area contributed by atoms with Crippen molar-refractivity contribution in [1.29, 1.82) is 0 Å². The number of benzene rings is 2. The van der Waals surface area contributed by atoms with E-state index in [4.69, 9.17) is 0 Å². The maximum atomic E-state index is 12.0. The average molecular weight is 334 g/mol. The van der Waals surface area contributed by atoms with Crippen LogP contribution < -0.4 is 16.2 Å². The van der Waals surface area contributed by atoms with Crippen LogP contribution in [0, 0.1) is 6.92 Å². The molecule has 0 spiro atoms. The standard InChI is InChI=1S/C19H18N4O2/c1-13-3-7-15(8-4-13)20-19(25)21-16-9-5-14(6-10-16)17-11-12-18(24)23(2)22-17/h3-12H,1-2H3,(H2,20,21,25). The zero-order valence-electron chi connectivity index (χ0n) is 14.0. The van der Waals surface area contributed by atoms with Crippen molar-refractivity contribution in [2.75, 3.05) is 10.6 Å². The number of hydrogen-bond donors (Lipinski definition) is 2. The highest BCUT2D eigenvalue weighted by atomic mass is 16.2. The number of hydrogen-bond acceptors (Lipinski definition) is 3. The smallest absolute Gasteiger partial charge is 0.308 e. The van der Waals surface area contributed by atoms with Gasteiger partial charge in [-0.05, 0) is 37.3 Å². The van der Waals surface area contributed by atoms with E-state index < -0.39 is 0 Å². The van der Waals surface area contributed by atoms with E-state index >= 15 is 0 Å². The molecule has 3 rings (SSSR count). The Morgan fingerprint density at radius 3 is 2.00 bits per heavy atom. The molecule has 2 aromatic carbocycles. The van der Waals surface area contributed by atoms with Gasteiger partial charge in [0.15, 0.2) is 0 Å². The Labute approximate surface area is 145 Å². The first-order chi connectivity index (χ1) is 12.0. The minimum absolute atomic E-state index is 0.158. The van der Waals surface area contributed by atoms with Gasteiger partial charge in [-0.15, -0.1) is 0 Å². The van der Waals surface area contributed by atoms with E-state index in [0.29, 0.717) is 11.4 Å². The molecule has 0 aliphatic heterocycles. The fourth-order valence-electron chi connectivity index (χ4n) is 2.31. The number of aromatic nitrogens is 2. The summed E-state index contributed by atoms with van der Waals surface area (Å²) in [5.74, 6) is 0. The van der Waals surface area contributed by atoms with Gasteiger partial charge in [0.1, 0.15) is 0 Å². The van der Waals surface area contributed by atoms with Crippen molar-refractivity contribution < 1.29 is 4.79 Å². The highest BCUT2D eigenvalue weighted by molar-refractivity contribution is 5.99. The Morgan fingerprint density at radius 2 is 1.44 bits per heavy atom. The van der Waals surface area contributed by atoms with E-state index in [1.54, 1.807) is 25.2 Å². The van der Waals surface area contributed by atoms with E-state index in [-0.39, 0.29) is 11.6 Å². The van der Waals surface area contributed by atoms with E-state index in [1.807, 2.05) is 43.3 Å². The van der Waals surface area contributed by atoms with Crippen molar-refractivity contribution in [3.63, 3.8) is 0 Å². The molecular weight excluding hydrogens is 316 g/mol. The van der Waals surface area contributed by atoms with Crippen LogP contribution in [0.5, 0.6) is 0 Å². The predicted molar refractivity (Wildman–Crippen MR) is 98.7 cm³/mol. The maximum Gasteiger partial charge on any atom is 0.323 e. The molecule has 1 aromatic heterocycles. The zero-order chi connectivity index (χ0) is 17.8. The number of amides is 2. The van der Waals surface area contributed by atoms with Gasteiger partial charge < -0.3 is 10.6 Å². The molecule has 0 bridgehead atoms. The van der Waals surface area contributed by atoms with Crippen LogP contribution in [0.2, 0.25) is 0 Å². The average Bonchev–Trinajstić information content (AvgIpc) is 2.60. The summed E-state index contributed by atoms with van der Waals surface area (Å²) in [5.41, 5.74) is 3.92. The molecule has 6 nitrogen and oxygen atoms in total. The number of urea groups is 1. The molecule has 0 saturated heterocycles. The summed E-state index contributed by atoms with van der Waals surface area (Å²) >= 11 is 0. The highest BCUT2D eigenvalue weighted by Crippen LogP contribution is 2.18. The number of carbonyl (C=O) groups excluding carboxylic acids is 1. The Balaban J connectivity index is 1.67. The largest absolute Gasteiger partial charge is 0.323 e. The molecule has 126 valence electrons. The van der Waals surface area contributed by atoms with Crippen molar-refractivity contribution in [1.82, 2.24) is 9.78 Å². The SMILES string of the molecule is Cc1ccc(NC(=O)Nc2ccc(-c3ccc(=O)n(C)n3)cc2)cc1. The summed E-state index contributed by atoms with van der Waals surface area (Å²) in [5, 5.41) is 9.76. The lowest BCUT2D eigenvalue weighted by atomic mass is 10.1. The molecule has 0 unspecified atom stereocenters. The summed E-state index contributed by atoms with van der Waals surface area (Å²) in [6, 6.07) is 17.7. The first-order valence-electron chi connectivity index (χ1n) is 7.81. The van der Waals surface area contributed by atoms with Crippen LogP contribution in [-0.4, -0.2) is 15.8 Å². The van der Waals surface area contributed by atoms with Crippen molar-refractivity contribution in [2.45, 2.75) is 6.92 Å². The molecule has 6 heteroatoms. The van der Waals surface area contributed by atoms with E-state index in [0.717, 1.165) is 16.8 Å².